The van der Waals surface area contributed by atoms with E-state index in [1.54, 1.807) is 0 Å². The van der Waals surface area contributed by atoms with Gasteiger partial charge < -0.3 is 2.85 Å². The van der Waals surface area contributed by atoms with Crippen LogP contribution in [0, 0.1) is 0 Å². The van der Waals surface area contributed by atoms with Crippen LogP contribution < -0.4 is 0 Å². The Hall–Kier alpha value is 2.12. The summed E-state index contributed by atoms with van der Waals surface area (Å²) in [4.78, 5) is 0. The summed E-state index contributed by atoms with van der Waals surface area (Å²) in [6.45, 7) is 0. The number of rotatable bonds is 0. The van der Waals surface area contributed by atoms with E-state index in [0.717, 1.165) is 0 Å². The van der Waals surface area contributed by atoms with Gasteiger partial charge in [0.25, 0.3) is 0 Å². The van der Waals surface area contributed by atoms with Gasteiger partial charge in [-0.05, 0) is 0 Å². The first-order valence-electron chi connectivity index (χ1n) is 0.289. The van der Waals surface area contributed by atoms with Crippen molar-refractivity contribution in [3.05, 3.63) is 0 Å². The predicted molar refractivity (Wildman–Crippen MR) is 25.8 cm³/mol. The number of hydrogen-bond acceptors (Lipinski definition) is 1. The van der Waals surface area contributed by atoms with Crippen LogP contribution in [0.4, 0.5) is 0 Å². The Labute approximate surface area is 76.9 Å². The molecule has 0 atom stereocenters. The zero-order valence-corrected chi connectivity index (χ0v) is 5.45. The Balaban J connectivity index is -0.000000000833. The Morgan fingerprint density at radius 2 is 1.50 bits per heavy atom. The quantitative estimate of drug-likeness (QED) is 0.331. The van der Waals surface area contributed by atoms with Crippen molar-refractivity contribution in [2.45, 2.75) is 0 Å². The molecule has 0 bridgehead atoms. The zero-order chi connectivity index (χ0) is 2.00. The summed E-state index contributed by atoms with van der Waals surface area (Å²) < 4.78 is 8.28. The first-order chi connectivity index (χ1) is 1.00. The zero-order valence-electron chi connectivity index (χ0n) is 3.82. The SMILES string of the molecule is [AlH3].[Ca+2].[H-].[H-].[O]=[AlH]. The third-order valence-corrected chi connectivity index (χ3v) is 0. The van der Waals surface area contributed by atoms with Crippen LogP contribution in [0.2, 0.25) is 0 Å². The van der Waals surface area contributed by atoms with Crippen LogP contribution in [-0.2, 0) is 3.80 Å². The second-order valence-corrected chi connectivity index (χ2v) is 0. The van der Waals surface area contributed by atoms with E-state index < -0.39 is 0 Å². The molecule has 0 fully saturated rings. The van der Waals surface area contributed by atoms with E-state index in [1.165, 1.54) is 0 Å². The van der Waals surface area contributed by atoms with Crippen molar-refractivity contribution in [3.63, 3.8) is 0 Å². The molecule has 0 unspecified atom stereocenters. The standard InChI is InChI=1S/2Al.Ca.O.6H/q;;+2;;;;;;2*-1. The first-order valence-corrected chi connectivity index (χ1v) is 0.866. The molecule has 0 heterocycles. The van der Waals surface area contributed by atoms with Crippen molar-refractivity contribution in [1.29, 1.82) is 0 Å². The Bertz CT molecular complexity index is 11.5. The molecule has 0 aromatic rings. The van der Waals surface area contributed by atoms with Crippen LogP contribution >= 0.6 is 0 Å². The van der Waals surface area contributed by atoms with E-state index in [9.17, 15) is 0 Å². The van der Waals surface area contributed by atoms with Gasteiger partial charge in [-0.2, -0.15) is 0 Å². The topological polar surface area (TPSA) is 17.1 Å². The van der Waals surface area contributed by atoms with E-state index >= 15 is 0 Å². The van der Waals surface area contributed by atoms with Crippen molar-refractivity contribution in [3.8, 4) is 0 Å². The van der Waals surface area contributed by atoms with Crippen LogP contribution in [0.15, 0.2) is 0 Å². The van der Waals surface area contributed by atoms with Gasteiger partial charge in [-0.1, -0.05) is 0 Å². The summed E-state index contributed by atoms with van der Waals surface area (Å²) in [5, 5.41) is 0. The van der Waals surface area contributed by atoms with E-state index in [4.69, 9.17) is 3.80 Å². The van der Waals surface area contributed by atoms with Gasteiger partial charge in [0.15, 0.2) is 17.4 Å². The molecule has 0 saturated carbocycles. The van der Waals surface area contributed by atoms with Crippen LogP contribution in [0.25, 0.3) is 0 Å². The average Bonchev–Trinajstić information content (AvgIpc) is 1.00. The van der Waals surface area contributed by atoms with E-state index in [-0.39, 0.29) is 58.0 Å². The fraction of sp³-hybridized carbons (Fsp3) is 0. The van der Waals surface area contributed by atoms with Gasteiger partial charge in [0.2, 0.25) is 0 Å². The van der Waals surface area contributed by atoms with Gasteiger partial charge in [-0.15, -0.1) is 0 Å². The second-order valence-electron chi connectivity index (χ2n) is 0. The maximum atomic E-state index is 8.28. The molecule has 0 aliphatic heterocycles. The molecule has 0 rings (SSSR count). The van der Waals surface area contributed by atoms with Crippen LogP contribution in [0.5, 0.6) is 0 Å². The van der Waals surface area contributed by atoms with Gasteiger partial charge >= 0.3 is 57.8 Å². The summed E-state index contributed by atoms with van der Waals surface area (Å²) in [5.41, 5.74) is 0. The first kappa shape index (κ1) is 16.5. The minimum atomic E-state index is 0. The Kier molecular flexibility index (Phi) is 79.5. The summed E-state index contributed by atoms with van der Waals surface area (Å²) in [6, 6.07) is 0. The van der Waals surface area contributed by atoms with Crippen molar-refractivity contribution < 1.29 is 6.66 Å². The molecule has 0 aliphatic rings. The molecule has 0 N–H and O–H groups in total. The maximum absolute atomic E-state index is 8.28. The molecule has 4 heteroatoms. The number of hydrogen-bond donors (Lipinski definition) is 0. The van der Waals surface area contributed by atoms with Crippen LogP contribution in [0.1, 0.15) is 2.85 Å². The predicted octanol–water partition coefficient (Wildman–Crippen LogP) is -2.11. The van der Waals surface area contributed by atoms with Gasteiger partial charge in [0.05, 0.1) is 0 Å². The molecule has 0 aromatic carbocycles. The molecular weight excluding hydrogens is 110 g/mol. The normalized spacial score (nSPS) is 0.750. The molecular formula is H6Al2CaO. The molecule has 0 aliphatic carbocycles. The van der Waals surface area contributed by atoms with Crippen LogP contribution in [0.3, 0.4) is 0 Å². The molecule has 0 aromatic heterocycles. The van der Waals surface area contributed by atoms with Crippen molar-refractivity contribution in [1.82, 2.24) is 0 Å². The Morgan fingerprint density at radius 1 is 1.50 bits per heavy atom. The Morgan fingerprint density at radius 3 is 1.50 bits per heavy atom. The summed E-state index contributed by atoms with van der Waals surface area (Å²) in [6.07, 6.45) is 0. The van der Waals surface area contributed by atoms with E-state index in [0.29, 0.717) is 16.2 Å². The van der Waals surface area contributed by atoms with Gasteiger partial charge in [0.1, 0.15) is 0 Å². The molecule has 20 valence electrons. The molecule has 0 spiro atoms. The summed E-state index contributed by atoms with van der Waals surface area (Å²) in [5.74, 6) is 0. The van der Waals surface area contributed by atoms with Crippen molar-refractivity contribution >= 4 is 71.3 Å². The molecule has 0 radical (unpaired) electrons. The summed E-state index contributed by atoms with van der Waals surface area (Å²) >= 11 is 0.611. The van der Waals surface area contributed by atoms with Crippen molar-refractivity contribution in [2.75, 3.05) is 0 Å². The molecule has 0 amide bonds. The van der Waals surface area contributed by atoms with Gasteiger partial charge in [-0.3, -0.25) is 0 Å². The van der Waals surface area contributed by atoms with E-state index in [1.807, 2.05) is 0 Å². The fourth-order valence-electron chi connectivity index (χ4n) is 0. The minimum absolute atomic E-state index is 0. The summed E-state index contributed by atoms with van der Waals surface area (Å²) in [7, 11) is 0. The third-order valence-electron chi connectivity index (χ3n) is 0. The van der Waals surface area contributed by atoms with Crippen LogP contribution in [-0.4, -0.2) is 71.3 Å². The fourth-order valence-corrected chi connectivity index (χ4v) is 0. The molecule has 1 nitrogen and oxygen atoms in total. The van der Waals surface area contributed by atoms with Crippen molar-refractivity contribution in [2.24, 2.45) is 0 Å². The van der Waals surface area contributed by atoms with E-state index in [2.05, 4.69) is 0 Å². The average molecular weight is 116 g/mol. The molecule has 4 heavy (non-hydrogen) atoms. The van der Waals surface area contributed by atoms with Gasteiger partial charge in [-0.25, -0.2) is 0 Å². The van der Waals surface area contributed by atoms with Gasteiger partial charge in [0, 0.05) is 0 Å². The monoisotopic (exact) mass is 116 g/mol. The third kappa shape index (κ3) is 8.92. The molecule has 0 saturated heterocycles. The second kappa shape index (κ2) is 19.3.